The van der Waals surface area contributed by atoms with E-state index in [-0.39, 0.29) is 0 Å². The molecule has 0 atom stereocenters. The van der Waals surface area contributed by atoms with E-state index < -0.39 is 0 Å². The first-order valence-corrected chi connectivity index (χ1v) is 5.04. The van der Waals surface area contributed by atoms with Crippen molar-refractivity contribution >= 4 is 33.7 Å². The van der Waals surface area contributed by atoms with Crippen molar-refractivity contribution in [1.82, 2.24) is 14.9 Å². The highest BCUT2D eigenvalue weighted by Gasteiger charge is 2.01. The average molecular weight is 206 g/mol. The maximum Gasteiger partial charge on any atom is 0.165 e. The molecule has 4 nitrogen and oxygen atoms in total. The fraction of sp³-hybridized carbons (Fsp3) is 0.222. The lowest BCUT2D eigenvalue weighted by molar-refractivity contribution is 0.643. The van der Waals surface area contributed by atoms with E-state index in [0.717, 1.165) is 16.0 Å². The van der Waals surface area contributed by atoms with E-state index in [0.29, 0.717) is 0 Å². The molecule has 0 unspecified atom stereocenters. The Hall–Kier alpha value is -1.49. The van der Waals surface area contributed by atoms with Gasteiger partial charge in [0.25, 0.3) is 0 Å². The fourth-order valence-electron chi connectivity index (χ4n) is 1.05. The van der Waals surface area contributed by atoms with Crippen LogP contribution in [0.15, 0.2) is 22.8 Å². The first-order chi connectivity index (χ1) is 6.77. The van der Waals surface area contributed by atoms with Crippen molar-refractivity contribution in [2.45, 2.75) is 0 Å². The Kier molecular flexibility index (Phi) is 2.41. The number of hydrogen-bond donors (Lipinski definition) is 0. The molecule has 14 heavy (non-hydrogen) atoms. The molecular weight excluding hydrogens is 196 g/mol. The van der Waals surface area contributed by atoms with Crippen molar-refractivity contribution in [3.05, 3.63) is 17.8 Å². The van der Waals surface area contributed by atoms with Crippen LogP contribution in [-0.2, 0) is 0 Å². The van der Waals surface area contributed by atoms with E-state index in [2.05, 4.69) is 15.0 Å². The lowest BCUT2D eigenvalue weighted by Gasteiger charge is -2.01. The molecule has 2 aromatic rings. The number of aliphatic imine (C=N–C) groups is 1. The van der Waals surface area contributed by atoms with Gasteiger partial charge in [0, 0.05) is 14.1 Å². The van der Waals surface area contributed by atoms with Gasteiger partial charge in [-0.25, -0.2) is 15.0 Å². The molecule has 0 radical (unpaired) electrons. The molecule has 2 rings (SSSR count). The summed E-state index contributed by atoms with van der Waals surface area (Å²) >= 11 is 1.60. The van der Waals surface area contributed by atoms with Crippen molar-refractivity contribution in [3.8, 4) is 0 Å². The molecule has 0 saturated carbocycles. The summed E-state index contributed by atoms with van der Waals surface area (Å²) in [7, 11) is 3.85. The van der Waals surface area contributed by atoms with Gasteiger partial charge >= 0.3 is 0 Å². The Labute approximate surface area is 85.9 Å². The third-order valence-electron chi connectivity index (χ3n) is 1.65. The van der Waals surface area contributed by atoms with Gasteiger partial charge in [0.05, 0.1) is 11.7 Å². The van der Waals surface area contributed by atoms with Gasteiger partial charge in [0.15, 0.2) is 5.82 Å². The minimum atomic E-state index is 0.727. The Morgan fingerprint density at radius 1 is 1.43 bits per heavy atom. The van der Waals surface area contributed by atoms with Gasteiger partial charge in [-0.2, -0.15) is 0 Å². The number of fused-ring (bicyclic) bond motifs is 1. The molecule has 0 amide bonds. The molecular formula is C9H10N4S. The number of aromatic nitrogens is 2. The highest BCUT2D eigenvalue weighted by atomic mass is 32.1. The van der Waals surface area contributed by atoms with E-state index in [9.17, 15) is 0 Å². The molecule has 2 heterocycles. The predicted molar refractivity (Wildman–Crippen MR) is 59.3 cm³/mol. The highest BCUT2D eigenvalue weighted by Crippen LogP contribution is 2.25. The maximum absolute atomic E-state index is 4.26. The molecule has 2 aromatic heterocycles. The molecule has 0 aliphatic heterocycles. The quantitative estimate of drug-likeness (QED) is 0.556. The summed E-state index contributed by atoms with van der Waals surface area (Å²) in [4.78, 5) is 15.4. The Morgan fingerprint density at radius 3 is 3.07 bits per heavy atom. The minimum absolute atomic E-state index is 0.727. The molecule has 0 aromatic carbocycles. The normalized spacial score (nSPS) is 11.3. The van der Waals surface area contributed by atoms with Crippen LogP contribution < -0.4 is 0 Å². The third kappa shape index (κ3) is 1.72. The molecule has 5 heteroatoms. The molecule has 0 saturated heterocycles. The summed E-state index contributed by atoms with van der Waals surface area (Å²) in [6.45, 7) is 0. The third-order valence-corrected chi connectivity index (χ3v) is 2.47. The molecule has 0 bridgehead atoms. The first kappa shape index (κ1) is 9.08. The number of thiophene rings is 1. The zero-order valence-electron chi connectivity index (χ0n) is 8.01. The van der Waals surface area contributed by atoms with Crippen LogP contribution in [0.2, 0.25) is 0 Å². The largest absolute Gasteiger partial charge is 0.369 e. The zero-order chi connectivity index (χ0) is 9.97. The lowest BCUT2D eigenvalue weighted by Crippen LogP contribution is -2.07. The highest BCUT2D eigenvalue weighted by molar-refractivity contribution is 7.16. The van der Waals surface area contributed by atoms with Crippen LogP contribution in [0.4, 0.5) is 5.82 Å². The Bertz CT molecular complexity index is 461. The van der Waals surface area contributed by atoms with E-state index in [1.54, 1.807) is 24.0 Å². The second-order valence-electron chi connectivity index (χ2n) is 3.04. The van der Waals surface area contributed by atoms with Crippen molar-refractivity contribution in [2.75, 3.05) is 14.1 Å². The SMILES string of the molecule is CN(C)C=Nc1ncnc2sccc12. The van der Waals surface area contributed by atoms with Gasteiger partial charge in [-0.3, -0.25) is 0 Å². The van der Waals surface area contributed by atoms with Gasteiger partial charge < -0.3 is 4.90 Å². The second-order valence-corrected chi connectivity index (χ2v) is 3.94. The summed E-state index contributed by atoms with van der Waals surface area (Å²) in [5, 5.41) is 3.00. The van der Waals surface area contributed by atoms with E-state index >= 15 is 0 Å². The number of rotatable bonds is 2. The lowest BCUT2D eigenvalue weighted by atomic mass is 10.4. The molecule has 0 fully saturated rings. The van der Waals surface area contributed by atoms with Crippen LogP contribution in [0.5, 0.6) is 0 Å². The molecule has 0 aliphatic rings. The first-order valence-electron chi connectivity index (χ1n) is 4.16. The summed E-state index contributed by atoms with van der Waals surface area (Å²) in [5.74, 6) is 0.727. The molecule has 72 valence electrons. The van der Waals surface area contributed by atoms with Crippen LogP contribution in [0.1, 0.15) is 0 Å². The van der Waals surface area contributed by atoms with Crippen molar-refractivity contribution in [3.63, 3.8) is 0 Å². The van der Waals surface area contributed by atoms with Crippen LogP contribution >= 0.6 is 11.3 Å². The van der Waals surface area contributed by atoms with Gasteiger partial charge in [0.2, 0.25) is 0 Å². The summed E-state index contributed by atoms with van der Waals surface area (Å²) < 4.78 is 0. The van der Waals surface area contributed by atoms with Gasteiger partial charge in [-0.05, 0) is 11.4 Å². The summed E-state index contributed by atoms with van der Waals surface area (Å²) in [6, 6.07) is 1.99. The maximum atomic E-state index is 4.26. The Morgan fingerprint density at radius 2 is 2.29 bits per heavy atom. The Balaban J connectivity index is 2.46. The zero-order valence-corrected chi connectivity index (χ0v) is 8.82. The van der Waals surface area contributed by atoms with Crippen molar-refractivity contribution in [1.29, 1.82) is 0 Å². The van der Waals surface area contributed by atoms with Crippen LogP contribution in [0.25, 0.3) is 10.2 Å². The van der Waals surface area contributed by atoms with Crippen LogP contribution in [0, 0.1) is 0 Å². The number of nitrogens with zero attached hydrogens (tertiary/aromatic N) is 4. The average Bonchev–Trinajstić information content (AvgIpc) is 2.62. The van der Waals surface area contributed by atoms with Crippen LogP contribution in [-0.4, -0.2) is 35.3 Å². The van der Waals surface area contributed by atoms with Crippen molar-refractivity contribution < 1.29 is 0 Å². The van der Waals surface area contributed by atoms with E-state index in [1.165, 1.54) is 0 Å². The second kappa shape index (κ2) is 3.71. The number of hydrogen-bond acceptors (Lipinski definition) is 4. The van der Waals surface area contributed by atoms with Crippen LogP contribution in [0.3, 0.4) is 0 Å². The van der Waals surface area contributed by atoms with Crippen molar-refractivity contribution in [2.24, 2.45) is 4.99 Å². The van der Waals surface area contributed by atoms with Gasteiger partial charge in [0.1, 0.15) is 11.2 Å². The summed E-state index contributed by atoms with van der Waals surface area (Å²) in [5.41, 5.74) is 0. The molecule has 0 N–H and O–H groups in total. The smallest absolute Gasteiger partial charge is 0.165 e. The topological polar surface area (TPSA) is 41.4 Å². The van der Waals surface area contributed by atoms with Gasteiger partial charge in [-0.15, -0.1) is 11.3 Å². The fourth-order valence-corrected chi connectivity index (χ4v) is 1.78. The van der Waals surface area contributed by atoms with Gasteiger partial charge in [-0.1, -0.05) is 0 Å². The monoisotopic (exact) mass is 206 g/mol. The molecule has 0 aliphatic carbocycles. The summed E-state index contributed by atoms with van der Waals surface area (Å²) in [6.07, 6.45) is 3.28. The van der Waals surface area contributed by atoms with E-state index in [1.807, 2.05) is 30.4 Å². The predicted octanol–water partition coefficient (Wildman–Crippen LogP) is 1.91. The van der Waals surface area contributed by atoms with E-state index in [4.69, 9.17) is 0 Å². The minimum Gasteiger partial charge on any atom is -0.369 e. The molecule has 0 spiro atoms. The standard InChI is InChI=1S/C9H10N4S/c1-13(2)6-12-8-7-3-4-14-9(7)11-5-10-8/h3-6H,1-2H3.